The van der Waals surface area contributed by atoms with Crippen molar-refractivity contribution in [3.05, 3.63) is 77.7 Å². The van der Waals surface area contributed by atoms with E-state index in [-0.39, 0.29) is 50.1 Å². The van der Waals surface area contributed by atoms with Crippen LogP contribution in [0.15, 0.2) is 54.9 Å². The fourth-order valence-corrected chi connectivity index (χ4v) is 5.55. The maximum Gasteiger partial charge on any atom is 0.303 e. The molecule has 0 bridgehead atoms. The van der Waals surface area contributed by atoms with Gasteiger partial charge in [-0.25, -0.2) is 4.39 Å². The Bertz CT molecular complexity index is 1590. The summed E-state index contributed by atoms with van der Waals surface area (Å²) in [7, 11) is 0. The largest absolute Gasteiger partial charge is 0.699 e. The van der Waals surface area contributed by atoms with E-state index in [0.717, 1.165) is 58.3 Å². The minimum Gasteiger partial charge on any atom is -0.699 e. The Morgan fingerprint density at radius 2 is 1.80 bits per heavy atom. The summed E-state index contributed by atoms with van der Waals surface area (Å²) >= 11 is 1.47. The van der Waals surface area contributed by atoms with Crippen LogP contribution < -0.4 is 4.74 Å². The zero-order valence-corrected chi connectivity index (χ0v) is 28.2. The zero-order chi connectivity index (χ0) is 30.5. The Kier molecular flexibility index (Phi) is 11.8. The van der Waals surface area contributed by atoms with E-state index in [1.54, 1.807) is 24.1 Å². The van der Waals surface area contributed by atoms with Crippen molar-refractivity contribution in [2.45, 2.75) is 45.4 Å². The summed E-state index contributed by atoms with van der Waals surface area (Å²) in [6.45, 7) is 6.20. The number of esters is 1. The van der Waals surface area contributed by atoms with Crippen LogP contribution in [0.4, 0.5) is 10.1 Å². The SMILES string of the molecule is CC(=O)OC(C)C(=O)N1CCN(Cc2ccc(-c3cc4nccc(Oc5ccc([NH-])cc5F)c4s3)nc2)CC1.[NH-]C1CC1.[Y]. The molecule has 6 rings (SSSR count). The van der Waals surface area contributed by atoms with E-state index in [2.05, 4.69) is 14.9 Å². The van der Waals surface area contributed by atoms with E-state index in [1.165, 1.54) is 30.4 Å². The molecule has 4 heterocycles. The number of amides is 1. The van der Waals surface area contributed by atoms with Gasteiger partial charge in [-0.2, -0.15) is 0 Å². The molecule has 1 unspecified atom stereocenters. The summed E-state index contributed by atoms with van der Waals surface area (Å²) in [4.78, 5) is 37.6. The predicted octanol–water partition coefficient (Wildman–Crippen LogP) is 6.77. The normalized spacial score (nSPS) is 15.5. The summed E-state index contributed by atoms with van der Waals surface area (Å²) in [5.41, 5.74) is 16.9. The molecule has 1 aliphatic carbocycles. The number of carbonyl (C=O) groups excluding carboxylic acids is 2. The van der Waals surface area contributed by atoms with Crippen LogP contribution in [0.1, 0.15) is 32.3 Å². The average Bonchev–Trinajstić information content (AvgIpc) is 3.64. The number of hydrogen-bond acceptors (Lipinski definition) is 8. The second-order valence-electron chi connectivity index (χ2n) is 10.6. The van der Waals surface area contributed by atoms with Crippen molar-refractivity contribution < 1.29 is 56.2 Å². The maximum atomic E-state index is 14.2. The van der Waals surface area contributed by atoms with Crippen LogP contribution in [-0.4, -0.2) is 70.0 Å². The molecule has 1 saturated carbocycles. The van der Waals surface area contributed by atoms with E-state index < -0.39 is 17.9 Å². The van der Waals surface area contributed by atoms with Gasteiger partial charge in [0.15, 0.2) is 17.7 Å². The van der Waals surface area contributed by atoms with Crippen molar-refractivity contribution in [1.29, 1.82) is 0 Å². The molecule has 1 amide bonds. The number of nitrogens with zero attached hydrogens (tertiary/aromatic N) is 4. The van der Waals surface area contributed by atoms with Crippen LogP contribution in [-0.2, 0) is 53.6 Å². The molecule has 1 aliphatic heterocycles. The number of ether oxygens (including phenoxy) is 2. The molecule has 4 aromatic rings. The van der Waals surface area contributed by atoms with E-state index >= 15 is 0 Å². The van der Waals surface area contributed by atoms with Crippen LogP contribution in [0, 0.1) is 5.82 Å². The number of aromatic nitrogens is 2. The first-order valence-electron chi connectivity index (χ1n) is 14.1. The molecule has 1 atom stereocenters. The molecule has 1 saturated heterocycles. The fourth-order valence-electron chi connectivity index (χ4n) is 4.51. The van der Waals surface area contributed by atoms with Crippen LogP contribution >= 0.6 is 11.3 Å². The van der Waals surface area contributed by atoms with Gasteiger partial charge in [-0.1, -0.05) is 25.0 Å². The van der Waals surface area contributed by atoms with E-state index in [0.29, 0.717) is 31.4 Å². The van der Waals surface area contributed by atoms with E-state index in [4.69, 9.17) is 20.9 Å². The van der Waals surface area contributed by atoms with Gasteiger partial charge in [0, 0.05) is 90.8 Å². The van der Waals surface area contributed by atoms with Gasteiger partial charge in [0.05, 0.1) is 20.8 Å². The first-order valence-corrected chi connectivity index (χ1v) is 14.9. The Morgan fingerprint density at radius 3 is 2.41 bits per heavy atom. The van der Waals surface area contributed by atoms with Crippen LogP contribution in [0.3, 0.4) is 0 Å². The van der Waals surface area contributed by atoms with Crippen molar-refractivity contribution in [1.82, 2.24) is 19.8 Å². The van der Waals surface area contributed by atoms with Crippen LogP contribution in [0.25, 0.3) is 32.3 Å². The van der Waals surface area contributed by atoms with Gasteiger partial charge in [-0.3, -0.25) is 24.5 Å². The molecule has 2 fully saturated rings. The third-order valence-corrected chi connectivity index (χ3v) is 8.12. The number of piperazine rings is 1. The summed E-state index contributed by atoms with van der Waals surface area (Å²) in [5.74, 6) is -0.675. The van der Waals surface area contributed by atoms with Gasteiger partial charge in [-0.05, 0) is 36.8 Å². The first-order chi connectivity index (χ1) is 20.7. The van der Waals surface area contributed by atoms with Crippen molar-refractivity contribution in [2.24, 2.45) is 0 Å². The summed E-state index contributed by atoms with van der Waals surface area (Å²) in [6, 6.07) is 12.0. The second-order valence-corrected chi connectivity index (χ2v) is 11.6. The molecule has 1 aromatic carbocycles. The minimum absolute atomic E-state index is 0. The molecule has 0 spiro atoms. The molecule has 2 aliphatic rings. The average molecular weight is 694 g/mol. The van der Waals surface area contributed by atoms with Crippen molar-refractivity contribution >= 4 is 39.1 Å². The summed E-state index contributed by atoms with van der Waals surface area (Å²) in [5, 5.41) is 0. The summed E-state index contributed by atoms with van der Waals surface area (Å²) in [6.07, 6.45) is 5.00. The number of halogens is 1. The molecular weight excluding hydrogens is 660 g/mol. The van der Waals surface area contributed by atoms with Crippen molar-refractivity contribution in [2.75, 3.05) is 26.2 Å². The number of fused-ring (bicyclic) bond motifs is 1. The topological polar surface area (TPSA) is 132 Å². The zero-order valence-electron chi connectivity index (χ0n) is 24.6. The molecular formula is C31H33FN6O4SY-2. The van der Waals surface area contributed by atoms with Crippen LogP contribution in [0.2, 0.25) is 0 Å². The van der Waals surface area contributed by atoms with Crippen molar-refractivity contribution in [3.63, 3.8) is 0 Å². The Hall–Kier alpha value is -3.03. The number of benzene rings is 1. The van der Waals surface area contributed by atoms with Gasteiger partial charge in [0.2, 0.25) is 0 Å². The maximum absolute atomic E-state index is 14.2. The van der Waals surface area contributed by atoms with Gasteiger partial charge < -0.3 is 25.8 Å². The minimum atomic E-state index is -0.769. The van der Waals surface area contributed by atoms with Gasteiger partial charge in [0.25, 0.3) is 5.91 Å². The standard InChI is InChI=1S/C28H27FN5O4S.C3H6N.Y/c1-17(37-18(2)35)28(36)34-11-9-33(10-12-34)16-19-3-5-22(32-15-19)26-14-23-27(39-26)25(7-8-31-23)38-24-6-4-20(30)13-21(24)29;4-3-1-2-3;/h3-8,13-15,17,30H,9-12,16H2,1-2H3;3-4H,1-2H2;/q2*-1;. The van der Waals surface area contributed by atoms with Crippen LogP contribution in [0.5, 0.6) is 11.5 Å². The smallest absolute Gasteiger partial charge is 0.303 e. The van der Waals surface area contributed by atoms with Gasteiger partial charge >= 0.3 is 5.97 Å². The molecule has 10 nitrogen and oxygen atoms in total. The molecule has 2 N–H and O–H groups in total. The number of rotatable bonds is 7. The van der Waals surface area contributed by atoms with Gasteiger partial charge in [-0.15, -0.1) is 23.1 Å². The number of hydrogen-bond donors (Lipinski definition) is 0. The number of thiophene rings is 1. The third kappa shape index (κ3) is 9.01. The van der Waals surface area contributed by atoms with Crippen molar-refractivity contribution in [3.8, 4) is 22.1 Å². The molecule has 44 heavy (non-hydrogen) atoms. The Labute approximate surface area is 284 Å². The molecule has 3 aromatic heterocycles. The fraction of sp³-hybridized carbons (Fsp3) is 0.355. The predicted molar refractivity (Wildman–Crippen MR) is 164 cm³/mol. The third-order valence-electron chi connectivity index (χ3n) is 6.96. The van der Waals surface area contributed by atoms with E-state index in [1.807, 2.05) is 24.4 Å². The van der Waals surface area contributed by atoms with Gasteiger partial charge in [0.1, 0.15) is 5.75 Å². The quantitative estimate of drug-likeness (QED) is 0.195. The molecule has 1 radical (unpaired) electrons. The first kappa shape index (κ1) is 33.9. The molecule has 13 heteroatoms. The monoisotopic (exact) mass is 693 g/mol. The second kappa shape index (κ2) is 15.3. The molecule has 229 valence electrons. The number of pyridine rings is 2. The Balaban J connectivity index is 0.000000818. The van der Waals surface area contributed by atoms with E-state index in [9.17, 15) is 14.0 Å². The number of nitrogens with one attached hydrogen (secondary N) is 2. The summed E-state index contributed by atoms with van der Waals surface area (Å²) < 4.78 is 25.9. The number of carbonyl (C=O) groups is 2. The Morgan fingerprint density at radius 1 is 1.07 bits per heavy atom.